The largest absolute Gasteiger partial charge is 0.493 e. The molecule has 2 amide bonds. The SMILES string of the molecule is COc1ccccc1OCC(=O)NN=Cc1cn(CC(N)=O)c2ccccc12. The summed E-state index contributed by atoms with van der Waals surface area (Å²) in [4.78, 5) is 23.2. The highest BCUT2D eigenvalue weighted by Gasteiger charge is 2.09. The molecule has 0 bridgehead atoms. The van der Waals surface area contributed by atoms with E-state index < -0.39 is 11.8 Å². The standard InChI is InChI=1S/C20H20N4O4/c1-27-17-8-4-5-9-18(17)28-13-20(26)23-22-10-14-11-24(12-19(21)25)16-7-3-2-6-15(14)16/h2-11H,12-13H2,1H3,(H2,21,25)(H,23,26). The second-order valence-corrected chi connectivity index (χ2v) is 5.93. The molecule has 0 saturated heterocycles. The zero-order chi connectivity index (χ0) is 19.9. The lowest BCUT2D eigenvalue weighted by Gasteiger charge is -2.09. The Hall–Kier alpha value is -3.81. The van der Waals surface area contributed by atoms with Crippen molar-refractivity contribution in [3.63, 3.8) is 0 Å². The van der Waals surface area contributed by atoms with Gasteiger partial charge >= 0.3 is 0 Å². The van der Waals surface area contributed by atoms with E-state index in [0.717, 1.165) is 16.5 Å². The smallest absolute Gasteiger partial charge is 0.277 e. The number of ether oxygens (including phenoxy) is 2. The lowest BCUT2D eigenvalue weighted by atomic mass is 10.2. The van der Waals surface area contributed by atoms with Gasteiger partial charge in [0.25, 0.3) is 5.91 Å². The van der Waals surface area contributed by atoms with Crippen LogP contribution in [0.25, 0.3) is 10.9 Å². The van der Waals surface area contributed by atoms with Crippen LogP contribution in [0.2, 0.25) is 0 Å². The van der Waals surface area contributed by atoms with Crippen molar-refractivity contribution in [2.75, 3.05) is 13.7 Å². The molecule has 0 atom stereocenters. The number of nitrogens with zero attached hydrogens (tertiary/aromatic N) is 2. The topological polar surface area (TPSA) is 108 Å². The summed E-state index contributed by atoms with van der Waals surface area (Å²) in [5.74, 6) is 0.161. The van der Waals surface area contributed by atoms with Crippen LogP contribution >= 0.6 is 0 Å². The molecular weight excluding hydrogens is 360 g/mol. The highest BCUT2D eigenvalue weighted by molar-refractivity contribution is 6.00. The van der Waals surface area contributed by atoms with Gasteiger partial charge in [0.2, 0.25) is 5.91 Å². The number of rotatable bonds is 8. The molecular formula is C20H20N4O4. The molecule has 0 spiro atoms. The number of aromatic nitrogens is 1. The van der Waals surface area contributed by atoms with Crippen LogP contribution < -0.4 is 20.6 Å². The highest BCUT2D eigenvalue weighted by atomic mass is 16.5. The van der Waals surface area contributed by atoms with Crippen molar-refractivity contribution in [3.8, 4) is 11.5 Å². The van der Waals surface area contributed by atoms with Gasteiger partial charge in [0.1, 0.15) is 6.54 Å². The summed E-state index contributed by atoms with van der Waals surface area (Å²) in [5.41, 5.74) is 9.32. The summed E-state index contributed by atoms with van der Waals surface area (Å²) in [7, 11) is 1.53. The fourth-order valence-electron chi connectivity index (χ4n) is 2.76. The summed E-state index contributed by atoms with van der Waals surface area (Å²) in [6.07, 6.45) is 3.28. The first-order valence-electron chi connectivity index (χ1n) is 8.52. The molecule has 3 rings (SSSR count). The quantitative estimate of drug-likeness (QED) is 0.458. The number of methoxy groups -OCH3 is 1. The molecule has 3 N–H and O–H groups in total. The van der Waals surface area contributed by atoms with Gasteiger partial charge in [-0.05, 0) is 18.2 Å². The van der Waals surface area contributed by atoms with Crippen LogP contribution in [-0.4, -0.2) is 36.3 Å². The summed E-state index contributed by atoms with van der Waals surface area (Å²) in [6.45, 7) is -0.144. The molecule has 3 aromatic rings. The predicted octanol–water partition coefficient (Wildman–Crippen LogP) is 1.66. The van der Waals surface area contributed by atoms with Gasteiger partial charge in [0.05, 0.1) is 13.3 Å². The Balaban J connectivity index is 1.64. The lowest BCUT2D eigenvalue weighted by Crippen LogP contribution is -2.24. The minimum absolute atomic E-state index is 0.0630. The van der Waals surface area contributed by atoms with Gasteiger partial charge in [-0.1, -0.05) is 30.3 Å². The maximum absolute atomic E-state index is 12.0. The molecule has 8 nitrogen and oxygen atoms in total. The fraction of sp³-hybridized carbons (Fsp3) is 0.150. The van der Waals surface area contributed by atoms with Crippen LogP contribution in [0.3, 0.4) is 0 Å². The third-order valence-electron chi connectivity index (χ3n) is 3.97. The van der Waals surface area contributed by atoms with Gasteiger partial charge in [-0.2, -0.15) is 5.10 Å². The van der Waals surface area contributed by atoms with Crippen LogP contribution in [0, 0.1) is 0 Å². The van der Waals surface area contributed by atoms with E-state index in [1.807, 2.05) is 30.3 Å². The molecule has 0 aliphatic carbocycles. The van der Waals surface area contributed by atoms with E-state index in [1.165, 1.54) is 13.3 Å². The first kappa shape index (κ1) is 19.0. The van der Waals surface area contributed by atoms with Crippen LogP contribution in [0.15, 0.2) is 59.8 Å². The van der Waals surface area contributed by atoms with Crippen molar-refractivity contribution in [1.29, 1.82) is 0 Å². The monoisotopic (exact) mass is 380 g/mol. The summed E-state index contributed by atoms with van der Waals surface area (Å²) < 4.78 is 12.4. The van der Waals surface area contributed by atoms with Gasteiger partial charge in [-0.3, -0.25) is 9.59 Å². The van der Waals surface area contributed by atoms with Gasteiger partial charge in [0.15, 0.2) is 18.1 Å². The number of hydrogen-bond acceptors (Lipinski definition) is 5. The van der Waals surface area contributed by atoms with Crippen molar-refractivity contribution in [1.82, 2.24) is 9.99 Å². The Labute approximate surface area is 161 Å². The third-order valence-corrected chi connectivity index (χ3v) is 3.97. The molecule has 0 radical (unpaired) electrons. The van der Waals surface area contributed by atoms with Crippen LogP contribution in [0.4, 0.5) is 0 Å². The maximum atomic E-state index is 12.0. The number of hydrazone groups is 1. The normalized spacial score (nSPS) is 10.9. The number of primary amides is 1. The number of nitrogens with one attached hydrogen (secondary N) is 1. The fourth-order valence-corrected chi connectivity index (χ4v) is 2.76. The molecule has 8 heteroatoms. The van der Waals surface area contributed by atoms with Gasteiger partial charge < -0.3 is 19.8 Å². The van der Waals surface area contributed by atoms with E-state index in [4.69, 9.17) is 15.2 Å². The second kappa shape index (κ2) is 8.72. The summed E-state index contributed by atoms with van der Waals surface area (Å²) in [5, 5.41) is 4.87. The van der Waals surface area contributed by atoms with Crippen LogP contribution in [0.5, 0.6) is 11.5 Å². The van der Waals surface area contributed by atoms with Crippen LogP contribution in [0.1, 0.15) is 5.56 Å². The molecule has 144 valence electrons. The van der Waals surface area contributed by atoms with E-state index in [-0.39, 0.29) is 13.2 Å². The zero-order valence-corrected chi connectivity index (χ0v) is 15.3. The number of carbonyl (C=O) groups excluding carboxylic acids is 2. The number of hydrogen-bond donors (Lipinski definition) is 2. The average Bonchev–Trinajstić information content (AvgIpc) is 3.03. The van der Waals surface area contributed by atoms with E-state index in [0.29, 0.717) is 11.5 Å². The van der Waals surface area contributed by atoms with Gasteiger partial charge in [0, 0.05) is 22.7 Å². The van der Waals surface area contributed by atoms with E-state index in [1.54, 1.807) is 29.0 Å². The van der Waals surface area contributed by atoms with Crippen molar-refractivity contribution < 1.29 is 19.1 Å². The van der Waals surface area contributed by atoms with Crippen molar-refractivity contribution in [3.05, 3.63) is 60.3 Å². The molecule has 1 aromatic heterocycles. The van der Waals surface area contributed by atoms with Crippen LogP contribution in [-0.2, 0) is 16.1 Å². The Kier molecular flexibility index (Phi) is 5.91. The zero-order valence-electron chi connectivity index (χ0n) is 15.3. The van der Waals surface area contributed by atoms with E-state index in [2.05, 4.69) is 10.5 Å². The highest BCUT2D eigenvalue weighted by Crippen LogP contribution is 2.25. The number of amides is 2. The first-order chi connectivity index (χ1) is 13.6. The first-order valence-corrected chi connectivity index (χ1v) is 8.52. The molecule has 1 heterocycles. The van der Waals surface area contributed by atoms with Gasteiger partial charge in [-0.25, -0.2) is 5.43 Å². The van der Waals surface area contributed by atoms with E-state index >= 15 is 0 Å². The third kappa shape index (κ3) is 4.47. The molecule has 0 aliphatic rings. The van der Waals surface area contributed by atoms with Crippen molar-refractivity contribution >= 4 is 28.9 Å². The maximum Gasteiger partial charge on any atom is 0.277 e. The Bertz CT molecular complexity index is 1030. The van der Waals surface area contributed by atoms with Crippen molar-refractivity contribution in [2.24, 2.45) is 10.8 Å². The average molecular weight is 380 g/mol. The molecule has 0 fully saturated rings. The predicted molar refractivity (Wildman–Crippen MR) is 105 cm³/mol. The number of benzene rings is 2. The lowest BCUT2D eigenvalue weighted by molar-refractivity contribution is -0.123. The second-order valence-electron chi connectivity index (χ2n) is 5.93. The molecule has 0 unspecified atom stereocenters. The van der Waals surface area contributed by atoms with Crippen molar-refractivity contribution in [2.45, 2.75) is 6.54 Å². The van der Waals surface area contributed by atoms with E-state index in [9.17, 15) is 9.59 Å². The molecule has 28 heavy (non-hydrogen) atoms. The minimum Gasteiger partial charge on any atom is -0.493 e. The number of carbonyl (C=O) groups is 2. The molecule has 0 saturated carbocycles. The Morgan fingerprint density at radius 1 is 1.14 bits per heavy atom. The van der Waals surface area contributed by atoms with Gasteiger partial charge in [-0.15, -0.1) is 0 Å². The number of nitrogens with two attached hydrogens (primary N) is 1. The Morgan fingerprint density at radius 3 is 2.61 bits per heavy atom. The molecule has 2 aromatic carbocycles. The number of para-hydroxylation sites is 3. The Morgan fingerprint density at radius 2 is 1.86 bits per heavy atom. The summed E-state index contributed by atoms with van der Waals surface area (Å²) >= 11 is 0. The minimum atomic E-state index is -0.439. The number of fused-ring (bicyclic) bond motifs is 1. The molecule has 0 aliphatic heterocycles. The summed E-state index contributed by atoms with van der Waals surface area (Å²) in [6, 6.07) is 14.6.